The molecule has 128 valence electrons. The molecule has 0 fully saturated rings. The highest BCUT2D eigenvalue weighted by Crippen LogP contribution is 2.33. The molecule has 1 aromatic heterocycles. The lowest BCUT2D eigenvalue weighted by molar-refractivity contribution is 0.104. The van der Waals surface area contributed by atoms with Crippen molar-refractivity contribution < 1.29 is 9.18 Å². The number of ketones is 1. The lowest BCUT2D eigenvalue weighted by atomic mass is 10.1. The molecule has 0 aliphatic heterocycles. The van der Waals surface area contributed by atoms with Crippen molar-refractivity contribution in [1.82, 2.24) is 4.98 Å². The Labute approximate surface area is 157 Å². The predicted octanol–water partition coefficient (Wildman–Crippen LogP) is 5.09. The molecule has 0 bridgehead atoms. The summed E-state index contributed by atoms with van der Waals surface area (Å²) < 4.78 is 13.9. The normalized spacial score (nSPS) is 10.6. The number of rotatable bonds is 5. The molecule has 0 saturated heterocycles. The van der Waals surface area contributed by atoms with Gasteiger partial charge < -0.3 is 10.2 Å². The van der Waals surface area contributed by atoms with Gasteiger partial charge in [0.2, 0.25) is 5.78 Å². The number of hydrogen-bond donors (Lipinski definition) is 1. The molecule has 3 aromatic rings. The Balaban J connectivity index is 1.93. The first-order valence-corrected chi connectivity index (χ1v) is 9.06. The van der Waals surface area contributed by atoms with E-state index >= 15 is 0 Å². The number of benzene rings is 2. The maximum absolute atomic E-state index is 13.0. The lowest BCUT2D eigenvalue weighted by Gasteiger charge is -2.10. The Morgan fingerprint density at radius 2 is 1.76 bits per heavy atom. The topological polar surface area (TPSA) is 45.2 Å². The van der Waals surface area contributed by atoms with Crippen molar-refractivity contribution in [2.24, 2.45) is 0 Å². The van der Waals surface area contributed by atoms with E-state index < -0.39 is 0 Å². The van der Waals surface area contributed by atoms with E-state index in [4.69, 9.17) is 0 Å². The van der Waals surface area contributed by atoms with E-state index in [1.165, 1.54) is 23.5 Å². The van der Waals surface area contributed by atoms with Crippen LogP contribution in [0.2, 0.25) is 0 Å². The minimum Gasteiger partial charge on any atom is -0.361 e. The van der Waals surface area contributed by atoms with Crippen LogP contribution in [0.5, 0.6) is 0 Å². The summed E-state index contributed by atoms with van der Waals surface area (Å²) >= 11 is 4.64. The number of nitrogens with zero attached hydrogens (tertiary/aromatic N) is 2. The summed E-state index contributed by atoms with van der Waals surface area (Å²) in [7, 11) is 3.68. The summed E-state index contributed by atoms with van der Waals surface area (Å²) in [5.74, 6) is 0.216. The summed E-state index contributed by atoms with van der Waals surface area (Å²) in [6.07, 6.45) is 0. The van der Waals surface area contributed by atoms with Gasteiger partial charge in [0.25, 0.3) is 0 Å². The van der Waals surface area contributed by atoms with E-state index in [1.54, 1.807) is 29.2 Å². The van der Waals surface area contributed by atoms with Crippen LogP contribution in [0, 0.1) is 5.82 Å². The molecule has 0 aliphatic rings. The van der Waals surface area contributed by atoms with Gasteiger partial charge in [-0.25, -0.2) is 9.37 Å². The van der Waals surface area contributed by atoms with Crippen molar-refractivity contribution in [1.29, 1.82) is 0 Å². The quantitative estimate of drug-likeness (QED) is 0.585. The number of hydrogen-bond acceptors (Lipinski definition) is 5. The number of nitrogens with one attached hydrogen (secondary N) is 1. The molecule has 0 saturated carbocycles. The third-order valence-electron chi connectivity index (χ3n) is 3.44. The second-order valence-corrected chi connectivity index (χ2v) is 7.45. The number of carbonyl (C=O) groups excluding carboxylic acids is 1. The minimum atomic E-state index is -0.301. The van der Waals surface area contributed by atoms with Gasteiger partial charge in [-0.1, -0.05) is 27.3 Å². The molecule has 1 N–H and O–H groups in total. The molecule has 4 nitrogen and oxygen atoms in total. The largest absolute Gasteiger partial charge is 0.361 e. The van der Waals surface area contributed by atoms with Gasteiger partial charge in [-0.2, -0.15) is 0 Å². The standard InChI is InChI=1S/C18H15BrFN3OS/c1-23(2)17-16(15(24)11-3-5-12(19)6-4-11)25-18(22-17)21-14-9-7-13(20)8-10-14/h3-10H,1-2H3,(H,21,22). The van der Waals surface area contributed by atoms with Crippen LogP contribution >= 0.6 is 27.3 Å². The average molecular weight is 420 g/mol. The summed E-state index contributed by atoms with van der Waals surface area (Å²) in [6, 6.07) is 13.2. The molecule has 3 rings (SSSR count). The Hall–Kier alpha value is -2.25. The number of anilines is 3. The number of carbonyl (C=O) groups is 1. The fourth-order valence-electron chi connectivity index (χ4n) is 2.21. The van der Waals surface area contributed by atoms with Crippen LogP contribution in [0.25, 0.3) is 0 Å². The Bertz CT molecular complexity index is 892. The van der Waals surface area contributed by atoms with Crippen LogP contribution in [0.1, 0.15) is 15.2 Å². The maximum atomic E-state index is 13.0. The van der Waals surface area contributed by atoms with Crippen LogP contribution < -0.4 is 10.2 Å². The molecule has 0 spiro atoms. The molecule has 0 radical (unpaired) electrons. The molecule has 0 amide bonds. The third-order valence-corrected chi connectivity index (χ3v) is 4.93. The fraction of sp³-hybridized carbons (Fsp3) is 0.111. The lowest BCUT2D eigenvalue weighted by Crippen LogP contribution is -2.13. The molecular weight excluding hydrogens is 405 g/mol. The van der Waals surface area contributed by atoms with Crippen molar-refractivity contribution in [2.75, 3.05) is 24.3 Å². The molecule has 2 aromatic carbocycles. The summed E-state index contributed by atoms with van der Waals surface area (Å²) in [5, 5.41) is 3.70. The first-order chi connectivity index (χ1) is 11.9. The number of thiazole rings is 1. The van der Waals surface area contributed by atoms with Gasteiger partial charge >= 0.3 is 0 Å². The van der Waals surface area contributed by atoms with Crippen LogP contribution in [0.3, 0.4) is 0 Å². The monoisotopic (exact) mass is 419 g/mol. The Morgan fingerprint density at radius 1 is 1.12 bits per heavy atom. The summed E-state index contributed by atoms with van der Waals surface area (Å²) in [5.41, 5.74) is 1.31. The average Bonchev–Trinajstić information content (AvgIpc) is 3.01. The van der Waals surface area contributed by atoms with Crippen molar-refractivity contribution in [3.63, 3.8) is 0 Å². The van der Waals surface area contributed by atoms with E-state index in [2.05, 4.69) is 26.2 Å². The zero-order valence-electron chi connectivity index (χ0n) is 13.6. The van der Waals surface area contributed by atoms with E-state index in [0.29, 0.717) is 27.1 Å². The van der Waals surface area contributed by atoms with Crippen molar-refractivity contribution in [3.8, 4) is 0 Å². The third kappa shape index (κ3) is 4.05. The maximum Gasteiger partial charge on any atom is 0.206 e. The number of aromatic nitrogens is 1. The highest BCUT2D eigenvalue weighted by molar-refractivity contribution is 9.10. The second kappa shape index (κ2) is 7.33. The zero-order valence-corrected chi connectivity index (χ0v) is 16.0. The number of halogens is 2. The van der Waals surface area contributed by atoms with Gasteiger partial charge in [0.05, 0.1) is 0 Å². The van der Waals surface area contributed by atoms with Gasteiger partial charge in [0.1, 0.15) is 10.7 Å². The highest BCUT2D eigenvalue weighted by Gasteiger charge is 2.21. The first kappa shape index (κ1) is 17.6. The fourth-order valence-corrected chi connectivity index (χ4v) is 3.49. The van der Waals surface area contributed by atoms with Crippen molar-refractivity contribution >= 4 is 49.7 Å². The van der Waals surface area contributed by atoms with Gasteiger partial charge in [-0.3, -0.25) is 4.79 Å². The van der Waals surface area contributed by atoms with Crippen molar-refractivity contribution in [2.45, 2.75) is 0 Å². The predicted molar refractivity (Wildman–Crippen MR) is 104 cm³/mol. The van der Waals surface area contributed by atoms with Crippen LogP contribution in [-0.2, 0) is 0 Å². The Morgan fingerprint density at radius 3 is 2.36 bits per heavy atom. The van der Waals surface area contributed by atoms with Crippen LogP contribution in [0.4, 0.5) is 21.0 Å². The van der Waals surface area contributed by atoms with Crippen molar-refractivity contribution in [3.05, 3.63) is 69.3 Å². The van der Waals surface area contributed by atoms with Crippen LogP contribution in [0.15, 0.2) is 53.0 Å². The van der Waals surface area contributed by atoms with E-state index in [-0.39, 0.29) is 11.6 Å². The zero-order chi connectivity index (χ0) is 18.0. The molecule has 0 atom stereocenters. The summed E-state index contributed by atoms with van der Waals surface area (Å²) in [4.78, 5) is 19.7. The van der Waals surface area contributed by atoms with Gasteiger partial charge in [-0.15, -0.1) is 0 Å². The summed E-state index contributed by atoms with van der Waals surface area (Å²) in [6.45, 7) is 0. The van der Waals surface area contributed by atoms with E-state index in [1.807, 2.05) is 26.2 Å². The highest BCUT2D eigenvalue weighted by atomic mass is 79.9. The van der Waals surface area contributed by atoms with Gasteiger partial charge in [0.15, 0.2) is 10.9 Å². The smallest absolute Gasteiger partial charge is 0.206 e. The van der Waals surface area contributed by atoms with Crippen LogP contribution in [-0.4, -0.2) is 24.9 Å². The molecule has 0 unspecified atom stereocenters. The van der Waals surface area contributed by atoms with E-state index in [0.717, 1.165) is 4.47 Å². The Kier molecular flexibility index (Phi) is 5.15. The minimum absolute atomic E-state index is 0.0825. The second-order valence-electron chi connectivity index (χ2n) is 5.53. The van der Waals surface area contributed by atoms with Gasteiger partial charge in [0, 0.05) is 29.8 Å². The first-order valence-electron chi connectivity index (χ1n) is 7.45. The molecule has 7 heteroatoms. The molecular formula is C18H15BrFN3OS. The SMILES string of the molecule is CN(C)c1nc(Nc2ccc(F)cc2)sc1C(=O)c1ccc(Br)cc1. The van der Waals surface area contributed by atoms with E-state index in [9.17, 15) is 9.18 Å². The molecule has 25 heavy (non-hydrogen) atoms. The van der Waals surface area contributed by atoms with Gasteiger partial charge in [-0.05, 0) is 48.5 Å². The molecule has 0 aliphatic carbocycles. The molecule has 1 heterocycles.